The molecule has 29 heavy (non-hydrogen) atoms. The summed E-state index contributed by atoms with van der Waals surface area (Å²) < 4.78 is 6.59. The number of ether oxygens (including phenoxy) is 1. The number of carbonyl (C=O) groups excluding carboxylic acids is 1. The molecular formula is C19H18Cl2N4O2S2. The first kappa shape index (κ1) is 21.6. The van der Waals surface area contributed by atoms with Crippen LogP contribution in [-0.2, 0) is 11.3 Å². The molecule has 0 spiro atoms. The molecule has 2 N–H and O–H groups in total. The zero-order valence-electron chi connectivity index (χ0n) is 15.9. The van der Waals surface area contributed by atoms with E-state index in [0.29, 0.717) is 38.0 Å². The van der Waals surface area contributed by atoms with Gasteiger partial charge >= 0.3 is 5.97 Å². The van der Waals surface area contributed by atoms with Crippen LogP contribution >= 0.6 is 46.8 Å². The van der Waals surface area contributed by atoms with Gasteiger partial charge in [-0.1, -0.05) is 29.3 Å². The summed E-state index contributed by atoms with van der Waals surface area (Å²) in [6.07, 6.45) is 3.44. The van der Waals surface area contributed by atoms with E-state index in [0.717, 1.165) is 16.0 Å². The Kier molecular flexibility index (Phi) is 6.79. The number of esters is 1. The molecule has 0 fully saturated rings. The number of hydrogen-bond acceptors (Lipinski definition) is 5. The van der Waals surface area contributed by atoms with Crippen molar-refractivity contribution < 1.29 is 9.53 Å². The average Bonchev–Trinajstić information content (AvgIpc) is 3.22. The molecule has 0 unspecified atom stereocenters. The van der Waals surface area contributed by atoms with Gasteiger partial charge in [0.2, 0.25) is 0 Å². The van der Waals surface area contributed by atoms with Gasteiger partial charge in [-0.15, -0.1) is 11.3 Å². The summed E-state index contributed by atoms with van der Waals surface area (Å²) >= 11 is 19.3. The van der Waals surface area contributed by atoms with Crippen LogP contribution in [-0.4, -0.2) is 28.0 Å². The fraction of sp³-hybridized carbons (Fsp3) is 0.211. The quantitative estimate of drug-likeness (QED) is 0.379. The standard InChI is InChI=1S/C19H18Cl2N4O2S2/c1-10-11(2)29-17(16(10)18(26)27-3)24-19(28)23-12-7-22-25(8-12)9-13-14(20)5-4-6-15(13)21/h4-8H,9H2,1-3H3,(H2,23,24,28). The Morgan fingerprint density at radius 2 is 1.97 bits per heavy atom. The third-order valence-corrected chi connectivity index (χ3v) is 6.31. The number of nitrogens with one attached hydrogen (secondary N) is 2. The van der Waals surface area contributed by atoms with Crippen LogP contribution in [0.1, 0.15) is 26.4 Å². The number of methoxy groups -OCH3 is 1. The molecule has 3 aromatic rings. The number of anilines is 2. The molecule has 6 nitrogen and oxygen atoms in total. The third-order valence-electron chi connectivity index (χ3n) is 4.27. The largest absolute Gasteiger partial charge is 0.465 e. The van der Waals surface area contributed by atoms with Gasteiger partial charge in [0, 0.05) is 26.7 Å². The van der Waals surface area contributed by atoms with Gasteiger partial charge in [0.05, 0.1) is 31.1 Å². The first-order valence-electron chi connectivity index (χ1n) is 8.51. The van der Waals surface area contributed by atoms with Crippen molar-refractivity contribution >= 4 is 68.5 Å². The lowest BCUT2D eigenvalue weighted by molar-refractivity contribution is 0.0601. The Hall–Kier alpha value is -2.13. The predicted octanol–water partition coefficient (Wildman–Crippen LogP) is 5.51. The van der Waals surface area contributed by atoms with E-state index in [1.165, 1.54) is 18.4 Å². The van der Waals surface area contributed by atoms with Crippen LogP contribution < -0.4 is 10.6 Å². The number of hydrogen-bond donors (Lipinski definition) is 2. The Bertz CT molecular complexity index is 1060. The molecule has 0 saturated carbocycles. The summed E-state index contributed by atoms with van der Waals surface area (Å²) in [4.78, 5) is 13.1. The van der Waals surface area contributed by atoms with Crippen molar-refractivity contribution in [2.24, 2.45) is 0 Å². The van der Waals surface area contributed by atoms with Crippen molar-refractivity contribution in [1.82, 2.24) is 9.78 Å². The first-order chi connectivity index (χ1) is 13.8. The highest BCUT2D eigenvalue weighted by Gasteiger charge is 2.21. The van der Waals surface area contributed by atoms with E-state index in [1.807, 2.05) is 13.8 Å². The summed E-state index contributed by atoms with van der Waals surface area (Å²) in [6.45, 7) is 4.25. The van der Waals surface area contributed by atoms with Gasteiger partial charge in [-0.3, -0.25) is 4.68 Å². The Labute approximate surface area is 187 Å². The minimum absolute atomic E-state index is 0.340. The maximum Gasteiger partial charge on any atom is 0.341 e. The zero-order valence-corrected chi connectivity index (χ0v) is 19.0. The minimum Gasteiger partial charge on any atom is -0.465 e. The molecule has 0 atom stereocenters. The Balaban J connectivity index is 1.70. The summed E-state index contributed by atoms with van der Waals surface area (Å²) in [5.41, 5.74) is 2.84. The minimum atomic E-state index is -0.401. The summed E-state index contributed by atoms with van der Waals surface area (Å²) in [7, 11) is 1.36. The molecule has 1 aromatic carbocycles. The second-order valence-corrected chi connectivity index (χ2v) is 8.63. The maximum atomic E-state index is 12.1. The Morgan fingerprint density at radius 3 is 2.62 bits per heavy atom. The molecule has 0 aliphatic rings. The summed E-state index contributed by atoms with van der Waals surface area (Å²) in [5, 5.41) is 12.6. The van der Waals surface area contributed by atoms with Crippen molar-refractivity contribution in [2.45, 2.75) is 20.4 Å². The number of thiophene rings is 1. The topological polar surface area (TPSA) is 68.2 Å². The molecule has 0 saturated heterocycles. The molecule has 3 rings (SSSR count). The molecule has 0 radical (unpaired) electrons. The number of rotatable bonds is 5. The van der Waals surface area contributed by atoms with Crippen molar-refractivity contribution in [1.29, 1.82) is 0 Å². The van der Waals surface area contributed by atoms with E-state index in [2.05, 4.69) is 15.7 Å². The highest BCUT2D eigenvalue weighted by molar-refractivity contribution is 7.80. The number of benzene rings is 1. The molecule has 0 aliphatic heterocycles. The highest BCUT2D eigenvalue weighted by Crippen LogP contribution is 2.33. The number of carbonyl (C=O) groups is 1. The van der Waals surface area contributed by atoms with Gasteiger partial charge in [-0.05, 0) is 43.8 Å². The fourth-order valence-corrected chi connectivity index (χ4v) is 4.54. The van der Waals surface area contributed by atoms with Gasteiger partial charge in [0.1, 0.15) is 5.00 Å². The van der Waals surface area contributed by atoms with E-state index in [9.17, 15) is 4.79 Å². The molecule has 2 heterocycles. The zero-order chi connectivity index (χ0) is 21.1. The van der Waals surface area contributed by atoms with E-state index >= 15 is 0 Å². The van der Waals surface area contributed by atoms with Crippen LogP contribution in [0.2, 0.25) is 10.0 Å². The maximum absolute atomic E-state index is 12.1. The van der Waals surface area contributed by atoms with Crippen LogP contribution in [0.3, 0.4) is 0 Å². The second-order valence-electron chi connectivity index (χ2n) is 6.18. The number of aryl methyl sites for hydroxylation is 1. The summed E-state index contributed by atoms with van der Waals surface area (Å²) in [6, 6.07) is 5.37. The van der Waals surface area contributed by atoms with E-state index < -0.39 is 5.97 Å². The number of halogens is 2. The number of thiocarbonyl (C=S) groups is 1. The fourth-order valence-electron chi connectivity index (χ4n) is 2.69. The predicted molar refractivity (Wildman–Crippen MR) is 123 cm³/mol. The SMILES string of the molecule is COC(=O)c1c(NC(=S)Nc2cnn(Cc3c(Cl)cccc3Cl)c2)sc(C)c1C. The average molecular weight is 469 g/mol. The van der Waals surface area contributed by atoms with Crippen LogP contribution in [0.5, 0.6) is 0 Å². The molecule has 2 aromatic heterocycles. The van der Waals surface area contributed by atoms with Gasteiger partial charge < -0.3 is 15.4 Å². The molecule has 0 amide bonds. The van der Waals surface area contributed by atoms with E-state index in [1.54, 1.807) is 35.3 Å². The molecule has 152 valence electrons. The number of nitrogens with zero attached hydrogens (tertiary/aromatic N) is 2. The lowest BCUT2D eigenvalue weighted by Crippen LogP contribution is -2.20. The second kappa shape index (κ2) is 9.13. The van der Waals surface area contributed by atoms with Gasteiger partial charge in [-0.2, -0.15) is 5.10 Å². The van der Waals surface area contributed by atoms with Crippen LogP contribution in [0.4, 0.5) is 10.7 Å². The lowest BCUT2D eigenvalue weighted by atomic mass is 10.1. The van der Waals surface area contributed by atoms with Crippen molar-refractivity contribution in [3.63, 3.8) is 0 Å². The highest BCUT2D eigenvalue weighted by atomic mass is 35.5. The number of aromatic nitrogens is 2. The van der Waals surface area contributed by atoms with Gasteiger partial charge in [-0.25, -0.2) is 4.79 Å². The first-order valence-corrected chi connectivity index (χ1v) is 10.5. The van der Waals surface area contributed by atoms with Gasteiger partial charge in [0.15, 0.2) is 5.11 Å². The molecule has 10 heteroatoms. The van der Waals surface area contributed by atoms with Crippen LogP contribution in [0.25, 0.3) is 0 Å². The summed E-state index contributed by atoms with van der Waals surface area (Å²) in [5.74, 6) is -0.401. The molecule has 0 aliphatic carbocycles. The normalized spacial score (nSPS) is 10.7. The van der Waals surface area contributed by atoms with Crippen LogP contribution in [0, 0.1) is 13.8 Å². The molecular weight excluding hydrogens is 451 g/mol. The third kappa shape index (κ3) is 4.90. The van der Waals surface area contributed by atoms with E-state index in [-0.39, 0.29) is 0 Å². The van der Waals surface area contributed by atoms with Crippen molar-refractivity contribution in [2.75, 3.05) is 17.7 Å². The Morgan fingerprint density at radius 1 is 1.28 bits per heavy atom. The molecule has 0 bridgehead atoms. The van der Waals surface area contributed by atoms with Crippen LogP contribution in [0.15, 0.2) is 30.6 Å². The van der Waals surface area contributed by atoms with Crippen molar-refractivity contribution in [3.05, 3.63) is 62.2 Å². The van der Waals surface area contributed by atoms with Crippen molar-refractivity contribution in [3.8, 4) is 0 Å². The monoisotopic (exact) mass is 468 g/mol. The van der Waals surface area contributed by atoms with E-state index in [4.69, 9.17) is 40.2 Å². The smallest absolute Gasteiger partial charge is 0.341 e. The lowest BCUT2D eigenvalue weighted by Gasteiger charge is -2.09. The van der Waals surface area contributed by atoms with Gasteiger partial charge in [0.25, 0.3) is 0 Å².